The lowest BCUT2D eigenvalue weighted by Crippen LogP contribution is -2.14. The zero-order valence-corrected chi connectivity index (χ0v) is 16.9. The molecule has 1 aromatic carbocycles. The smallest absolute Gasteiger partial charge is 0.230 e. The summed E-state index contributed by atoms with van der Waals surface area (Å²) in [6, 6.07) is 4.42. The lowest BCUT2D eigenvalue weighted by Gasteiger charge is -2.05. The van der Waals surface area contributed by atoms with E-state index in [0.717, 1.165) is 10.6 Å². The van der Waals surface area contributed by atoms with Crippen molar-refractivity contribution in [2.45, 2.75) is 19.9 Å². The summed E-state index contributed by atoms with van der Waals surface area (Å²) in [6.45, 7) is 6.06. The Bertz CT molecular complexity index is 1090. The van der Waals surface area contributed by atoms with Gasteiger partial charge < -0.3 is 10.1 Å². The first-order valence-corrected chi connectivity index (χ1v) is 9.51. The molecule has 0 aliphatic carbocycles. The summed E-state index contributed by atoms with van der Waals surface area (Å²) in [7, 11) is 1.39. The van der Waals surface area contributed by atoms with Gasteiger partial charge in [-0.25, -0.2) is 9.37 Å². The van der Waals surface area contributed by atoms with E-state index in [1.165, 1.54) is 30.6 Å². The molecule has 1 amide bonds. The van der Waals surface area contributed by atoms with Gasteiger partial charge in [0.05, 0.1) is 24.1 Å². The number of H-pyrrole nitrogens is 1. The Morgan fingerprint density at radius 2 is 2.32 bits per heavy atom. The van der Waals surface area contributed by atoms with Gasteiger partial charge in [0.15, 0.2) is 27.3 Å². The van der Waals surface area contributed by atoms with E-state index in [-0.39, 0.29) is 18.1 Å². The second kappa shape index (κ2) is 8.44. The molecule has 0 saturated heterocycles. The van der Waals surface area contributed by atoms with E-state index in [1.807, 2.05) is 6.92 Å². The third-order valence-corrected chi connectivity index (χ3v) is 5.28. The molecule has 2 heterocycles. The molecule has 0 bridgehead atoms. The van der Waals surface area contributed by atoms with E-state index in [4.69, 9.17) is 17.0 Å². The number of halogens is 1. The van der Waals surface area contributed by atoms with E-state index >= 15 is 0 Å². The molecule has 0 atom stereocenters. The number of anilines is 1. The normalized spacial score (nSPS) is 10.7. The van der Waals surface area contributed by atoms with Gasteiger partial charge >= 0.3 is 0 Å². The summed E-state index contributed by atoms with van der Waals surface area (Å²) < 4.78 is 20.9. The molecule has 146 valence electrons. The molecule has 2 aromatic heterocycles. The molecule has 2 N–H and O–H groups in total. The van der Waals surface area contributed by atoms with Gasteiger partial charge in [-0.3, -0.25) is 14.5 Å². The lowest BCUT2D eigenvalue weighted by molar-refractivity contribution is -0.115. The number of carbonyl (C=O) groups excluding carboxylic acids is 1. The largest absolute Gasteiger partial charge is 0.494 e. The summed E-state index contributed by atoms with van der Waals surface area (Å²) >= 11 is 6.52. The maximum atomic E-state index is 13.8. The number of thiazole rings is 1. The average Bonchev–Trinajstić information content (AvgIpc) is 3.18. The molecule has 0 spiro atoms. The van der Waals surface area contributed by atoms with Crippen molar-refractivity contribution in [3.8, 4) is 16.5 Å². The number of hydrogen-bond acceptors (Lipinski definition) is 6. The van der Waals surface area contributed by atoms with Gasteiger partial charge in [0.25, 0.3) is 0 Å². The third kappa shape index (κ3) is 4.18. The number of carbonyl (C=O) groups is 1. The fraction of sp³-hybridized carbons (Fsp3) is 0.222. The van der Waals surface area contributed by atoms with Crippen molar-refractivity contribution in [2.75, 3.05) is 12.4 Å². The van der Waals surface area contributed by atoms with Crippen LogP contribution in [0.4, 0.5) is 9.52 Å². The standard InChI is InChI=1S/C18H18FN5O2S2/c1-4-7-24-16(22-23-18(24)27)15-10(2)20-17(28-15)21-14(25)9-11-5-6-13(26-3)12(19)8-11/h4-6,8H,1,7,9H2,2-3H3,(H,23,27)(H,20,21,25). The summed E-state index contributed by atoms with van der Waals surface area (Å²) in [6.07, 6.45) is 1.74. The van der Waals surface area contributed by atoms with Crippen molar-refractivity contribution < 1.29 is 13.9 Å². The van der Waals surface area contributed by atoms with Crippen LogP contribution in [-0.4, -0.2) is 32.8 Å². The summed E-state index contributed by atoms with van der Waals surface area (Å²) in [5.41, 5.74) is 1.26. The molecule has 7 nitrogen and oxygen atoms in total. The number of nitrogens with one attached hydrogen (secondary N) is 2. The third-order valence-electron chi connectivity index (χ3n) is 3.90. The first-order chi connectivity index (χ1) is 13.4. The number of allylic oxidation sites excluding steroid dienone is 1. The van der Waals surface area contributed by atoms with Crippen LogP contribution in [0.2, 0.25) is 0 Å². The summed E-state index contributed by atoms with van der Waals surface area (Å²) in [5, 5.41) is 10.2. The fourth-order valence-electron chi connectivity index (χ4n) is 2.62. The van der Waals surface area contributed by atoms with E-state index in [2.05, 4.69) is 27.1 Å². The van der Waals surface area contributed by atoms with Crippen LogP contribution in [-0.2, 0) is 17.8 Å². The Kier molecular flexibility index (Phi) is 6.00. The highest BCUT2D eigenvalue weighted by Gasteiger charge is 2.17. The van der Waals surface area contributed by atoms with Gasteiger partial charge in [-0.05, 0) is 36.8 Å². The van der Waals surface area contributed by atoms with E-state index in [9.17, 15) is 9.18 Å². The molecule has 0 aliphatic rings. The molecule has 3 aromatic rings. The topological polar surface area (TPSA) is 84.8 Å². The first-order valence-electron chi connectivity index (χ1n) is 8.29. The number of hydrogen-bond donors (Lipinski definition) is 2. The predicted molar refractivity (Wildman–Crippen MR) is 109 cm³/mol. The van der Waals surface area contributed by atoms with Crippen molar-refractivity contribution in [2.24, 2.45) is 0 Å². The van der Waals surface area contributed by atoms with Gasteiger partial charge in [-0.15, -0.1) is 6.58 Å². The van der Waals surface area contributed by atoms with E-state index in [0.29, 0.717) is 27.8 Å². The molecule has 3 rings (SSSR count). The first kappa shape index (κ1) is 19.9. The second-order valence-electron chi connectivity index (χ2n) is 5.88. The minimum absolute atomic E-state index is 0.0179. The Balaban J connectivity index is 1.76. The number of benzene rings is 1. The highest BCUT2D eigenvalue weighted by molar-refractivity contribution is 7.71. The van der Waals surface area contributed by atoms with Gasteiger partial charge in [-0.1, -0.05) is 23.5 Å². The Hall–Kier alpha value is -2.85. The number of aryl methyl sites for hydroxylation is 1. The fourth-order valence-corrected chi connectivity index (χ4v) is 3.80. The van der Waals surface area contributed by atoms with Gasteiger partial charge in [0.2, 0.25) is 5.91 Å². The number of rotatable bonds is 7. The molecular formula is C18H18FN5O2S2. The molecule has 0 unspecified atom stereocenters. The second-order valence-corrected chi connectivity index (χ2v) is 7.26. The van der Waals surface area contributed by atoms with Crippen LogP contribution < -0.4 is 10.1 Å². The monoisotopic (exact) mass is 419 g/mol. The maximum Gasteiger partial charge on any atom is 0.230 e. The number of aromatic amines is 1. The number of amides is 1. The number of methoxy groups -OCH3 is 1. The Labute approximate surface area is 169 Å². The van der Waals surface area contributed by atoms with E-state index in [1.54, 1.807) is 16.7 Å². The van der Waals surface area contributed by atoms with Gasteiger partial charge in [-0.2, -0.15) is 5.10 Å². The molecule has 10 heteroatoms. The maximum absolute atomic E-state index is 13.8. The van der Waals surface area contributed by atoms with Crippen molar-refractivity contribution in [1.82, 2.24) is 19.7 Å². The average molecular weight is 420 g/mol. The van der Waals surface area contributed by atoms with Gasteiger partial charge in [0.1, 0.15) is 0 Å². The van der Waals surface area contributed by atoms with Crippen LogP contribution in [0.1, 0.15) is 11.3 Å². The minimum atomic E-state index is -0.509. The molecule has 0 fully saturated rings. The number of aromatic nitrogens is 4. The lowest BCUT2D eigenvalue weighted by atomic mass is 10.1. The minimum Gasteiger partial charge on any atom is -0.494 e. The number of ether oxygens (including phenoxy) is 1. The molecule has 0 radical (unpaired) electrons. The zero-order chi connectivity index (χ0) is 20.3. The molecule has 0 saturated carbocycles. The predicted octanol–water partition coefficient (Wildman–Crippen LogP) is 3.89. The van der Waals surface area contributed by atoms with E-state index < -0.39 is 5.82 Å². The van der Waals surface area contributed by atoms with Crippen LogP contribution in [0.3, 0.4) is 0 Å². The highest BCUT2D eigenvalue weighted by Crippen LogP contribution is 2.31. The number of nitrogens with zero attached hydrogens (tertiary/aromatic N) is 3. The summed E-state index contributed by atoms with van der Waals surface area (Å²) in [4.78, 5) is 17.5. The van der Waals surface area contributed by atoms with Crippen LogP contribution >= 0.6 is 23.6 Å². The molecule has 28 heavy (non-hydrogen) atoms. The Morgan fingerprint density at radius 3 is 3.00 bits per heavy atom. The highest BCUT2D eigenvalue weighted by atomic mass is 32.1. The SMILES string of the molecule is C=CCn1c(-c2sc(NC(=O)Cc3ccc(OC)c(F)c3)nc2C)n[nH]c1=S. The summed E-state index contributed by atoms with van der Waals surface area (Å²) in [5.74, 6) is -0.0325. The van der Waals surface area contributed by atoms with Crippen molar-refractivity contribution in [3.63, 3.8) is 0 Å². The molecular weight excluding hydrogens is 401 g/mol. The Morgan fingerprint density at radius 1 is 1.54 bits per heavy atom. The van der Waals surface area contributed by atoms with Crippen LogP contribution in [0.25, 0.3) is 10.7 Å². The van der Waals surface area contributed by atoms with Crippen molar-refractivity contribution in [1.29, 1.82) is 0 Å². The van der Waals surface area contributed by atoms with Crippen LogP contribution in [0.5, 0.6) is 5.75 Å². The van der Waals surface area contributed by atoms with Crippen LogP contribution in [0, 0.1) is 17.5 Å². The van der Waals surface area contributed by atoms with Gasteiger partial charge in [0, 0.05) is 6.54 Å². The zero-order valence-electron chi connectivity index (χ0n) is 15.3. The molecule has 0 aliphatic heterocycles. The van der Waals surface area contributed by atoms with Crippen molar-refractivity contribution in [3.05, 3.63) is 52.7 Å². The van der Waals surface area contributed by atoms with Crippen molar-refractivity contribution >= 4 is 34.6 Å². The quantitative estimate of drug-likeness (QED) is 0.448. The van der Waals surface area contributed by atoms with Crippen LogP contribution in [0.15, 0.2) is 30.9 Å².